The highest BCUT2D eigenvalue weighted by Crippen LogP contribution is 2.10. The highest BCUT2D eigenvalue weighted by molar-refractivity contribution is 7.80. The normalized spacial score (nSPS) is 10.4. The predicted molar refractivity (Wildman–Crippen MR) is 91.6 cm³/mol. The Kier molecular flexibility index (Phi) is 5.75. The summed E-state index contributed by atoms with van der Waals surface area (Å²) in [5, 5.41) is 11.4. The van der Waals surface area contributed by atoms with E-state index in [4.69, 9.17) is 12.2 Å². The summed E-state index contributed by atoms with van der Waals surface area (Å²) in [6.07, 6.45) is 4.23. The molecule has 1 aromatic heterocycles. The van der Waals surface area contributed by atoms with Crippen molar-refractivity contribution in [2.24, 2.45) is 0 Å². The van der Waals surface area contributed by atoms with E-state index in [1.807, 2.05) is 16.9 Å². The van der Waals surface area contributed by atoms with Crippen molar-refractivity contribution in [3.8, 4) is 0 Å². The number of rotatable bonds is 6. The molecule has 0 atom stereocenters. The molecule has 0 saturated carbocycles. The zero-order chi connectivity index (χ0) is 15.1. The van der Waals surface area contributed by atoms with Crippen LogP contribution in [0.15, 0.2) is 36.5 Å². The van der Waals surface area contributed by atoms with E-state index in [0.29, 0.717) is 5.11 Å². The predicted octanol–water partition coefficient (Wildman–Crippen LogP) is 3.33. The van der Waals surface area contributed by atoms with Crippen LogP contribution in [0.1, 0.15) is 30.9 Å². The van der Waals surface area contributed by atoms with Crippen LogP contribution in [-0.4, -0.2) is 21.4 Å². The Morgan fingerprint density at radius 1 is 1.29 bits per heavy atom. The van der Waals surface area contributed by atoms with Crippen LogP contribution in [0.25, 0.3) is 0 Å². The summed E-state index contributed by atoms with van der Waals surface area (Å²) < 4.78 is 1.92. The Hall–Kier alpha value is -1.88. The summed E-state index contributed by atoms with van der Waals surface area (Å²) in [6, 6.07) is 10.3. The lowest BCUT2D eigenvalue weighted by atomic mass is 10.1. The van der Waals surface area contributed by atoms with Gasteiger partial charge in [0.05, 0.1) is 6.54 Å². The van der Waals surface area contributed by atoms with Crippen LogP contribution in [0.5, 0.6) is 0 Å². The number of nitrogens with one attached hydrogen (secondary N) is 2. The molecule has 0 saturated heterocycles. The van der Waals surface area contributed by atoms with Gasteiger partial charge in [0.25, 0.3) is 0 Å². The maximum atomic E-state index is 5.24. The quantitative estimate of drug-likeness (QED) is 0.634. The monoisotopic (exact) mass is 302 g/mol. The van der Waals surface area contributed by atoms with Crippen molar-refractivity contribution < 1.29 is 0 Å². The summed E-state index contributed by atoms with van der Waals surface area (Å²) in [5.74, 6) is 0.776. The molecule has 1 heterocycles. The SMILES string of the molecule is CCCCNC(=S)Nc1ccn(Cc2ccccc2C)n1. The number of hydrogen-bond acceptors (Lipinski definition) is 2. The van der Waals surface area contributed by atoms with Gasteiger partial charge < -0.3 is 10.6 Å². The van der Waals surface area contributed by atoms with Crippen molar-refractivity contribution in [2.45, 2.75) is 33.2 Å². The Balaban J connectivity index is 1.89. The second-order valence-corrected chi connectivity index (χ2v) is 5.47. The Labute approximate surface area is 131 Å². The van der Waals surface area contributed by atoms with Crippen molar-refractivity contribution in [3.63, 3.8) is 0 Å². The van der Waals surface area contributed by atoms with E-state index >= 15 is 0 Å². The first-order valence-electron chi connectivity index (χ1n) is 7.32. The fourth-order valence-corrected chi connectivity index (χ4v) is 2.22. The summed E-state index contributed by atoms with van der Waals surface area (Å²) in [5.41, 5.74) is 2.55. The van der Waals surface area contributed by atoms with Crippen molar-refractivity contribution in [1.82, 2.24) is 15.1 Å². The second-order valence-electron chi connectivity index (χ2n) is 5.06. The number of hydrogen-bond donors (Lipinski definition) is 2. The molecule has 0 radical (unpaired) electrons. The first-order valence-corrected chi connectivity index (χ1v) is 7.72. The molecule has 0 bridgehead atoms. The van der Waals surface area contributed by atoms with Crippen LogP contribution in [-0.2, 0) is 6.54 Å². The molecule has 112 valence electrons. The standard InChI is InChI=1S/C16H22N4S/c1-3-4-10-17-16(21)18-15-9-11-20(19-15)12-14-8-6-5-7-13(14)2/h5-9,11H,3-4,10,12H2,1-2H3,(H2,17,18,19,21). The molecule has 2 aromatic rings. The molecule has 0 aliphatic heterocycles. The molecule has 0 aliphatic rings. The number of benzene rings is 1. The van der Waals surface area contributed by atoms with Gasteiger partial charge in [-0.3, -0.25) is 4.68 Å². The Bertz CT molecular complexity index is 591. The van der Waals surface area contributed by atoms with Gasteiger partial charge in [-0.25, -0.2) is 0 Å². The minimum Gasteiger partial charge on any atom is -0.362 e. The summed E-state index contributed by atoms with van der Waals surface area (Å²) in [4.78, 5) is 0. The van der Waals surface area contributed by atoms with E-state index in [0.717, 1.165) is 31.7 Å². The molecule has 2 rings (SSSR count). The summed E-state index contributed by atoms with van der Waals surface area (Å²) in [6.45, 7) is 5.94. The van der Waals surface area contributed by atoms with Gasteiger partial charge in [0.2, 0.25) is 0 Å². The van der Waals surface area contributed by atoms with Gasteiger partial charge in [-0.15, -0.1) is 0 Å². The minimum atomic E-state index is 0.629. The van der Waals surface area contributed by atoms with Crippen LogP contribution in [0, 0.1) is 6.92 Å². The zero-order valence-corrected chi connectivity index (χ0v) is 13.4. The molecular formula is C16H22N4S. The van der Waals surface area contributed by atoms with Crippen molar-refractivity contribution >= 4 is 23.1 Å². The van der Waals surface area contributed by atoms with Crippen LogP contribution >= 0.6 is 12.2 Å². The molecular weight excluding hydrogens is 280 g/mol. The number of anilines is 1. The molecule has 21 heavy (non-hydrogen) atoms. The molecule has 1 aromatic carbocycles. The van der Waals surface area contributed by atoms with Gasteiger partial charge >= 0.3 is 0 Å². The third-order valence-electron chi connectivity index (χ3n) is 3.29. The second kappa shape index (κ2) is 7.78. The highest BCUT2D eigenvalue weighted by Gasteiger charge is 2.03. The first kappa shape index (κ1) is 15.5. The van der Waals surface area contributed by atoms with Gasteiger partial charge in [-0.05, 0) is 36.7 Å². The minimum absolute atomic E-state index is 0.629. The van der Waals surface area contributed by atoms with Crippen LogP contribution in [0.2, 0.25) is 0 Å². The first-order chi connectivity index (χ1) is 10.2. The van der Waals surface area contributed by atoms with Gasteiger partial charge in [0.1, 0.15) is 0 Å². The Morgan fingerprint density at radius 2 is 2.10 bits per heavy atom. The summed E-state index contributed by atoms with van der Waals surface area (Å²) in [7, 11) is 0. The number of aromatic nitrogens is 2. The van der Waals surface area contributed by atoms with E-state index in [1.165, 1.54) is 11.1 Å². The molecule has 2 N–H and O–H groups in total. The van der Waals surface area contributed by atoms with Gasteiger partial charge in [0.15, 0.2) is 10.9 Å². The Morgan fingerprint density at radius 3 is 2.86 bits per heavy atom. The molecule has 0 unspecified atom stereocenters. The van der Waals surface area contributed by atoms with E-state index in [9.17, 15) is 0 Å². The largest absolute Gasteiger partial charge is 0.362 e. The molecule has 0 amide bonds. The highest BCUT2D eigenvalue weighted by atomic mass is 32.1. The van der Waals surface area contributed by atoms with E-state index in [1.54, 1.807) is 0 Å². The maximum Gasteiger partial charge on any atom is 0.171 e. The molecule has 0 aliphatic carbocycles. The lowest BCUT2D eigenvalue weighted by Crippen LogP contribution is -2.29. The van der Waals surface area contributed by atoms with Crippen molar-refractivity contribution in [1.29, 1.82) is 0 Å². The molecule has 4 nitrogen and oxygen atoms in total. The third-order valence-corrected chi connectivity index (χ3v) is 3.54. The molecule has 5 heteroatoms. The van der Waals surface area contributed by atoms with Crippen molar-refractivity contribution in [3.05, 3.63) is 47.7 Å². The van der Waals surface area contributed by atoms with Crippen molar-refractivity contribution in [2.75, 3.05) is 11.9 Å². The maximum absolute atomic E-state index is 5.24. The number of aryl methyl sites for hydroxylation is 1. The zero-order valence-electron chi connectivity index (χ0n) is 12.6. The van der Waals surface area contributed by atoms with E-state index in [-0.39, 0.29) is 0 Å². The average molecular weight is 302 g/mol. The van der Waals surface area contributed by atoms with Gasteiger partial charge in [0, 0.05) is 18.8 Å². The molecule has 0 fully saturated rings. The van der Waals surface area contributed by atoms with Crippen LogP contribution < -0.4 is 10.6 Å². The average Bonchev–Trinajstić information content (AvgIpc) is 2.89. The van der Waals surface area contributed by atoms with Crippen LogP contribution in [0.3, 0.4) is 0 Å². The van der Waals surface area contributed by atoms with Crippen LogP contribution in [0.4, 0.5) is 5.82 Å². The van der Waals surface area contributed by atoms with Gasteiger partial charge in [-0.2, -0.15) is 5.10 Å². The molecule has 0 spiro atoms. The van der Waals surface area contributed by atoms with Gasteiger partial charge in [-0.1, -0.05) is 37.6 Å². The third kappa shape index (κ3) is 4.86. The smallest absolute Gasteiger partial charge is 0.171 e. The topological polar surface area (TPSA) is 41.9 Å². The van der Waals surface area contributed by atoms with E-state index in [2.05, 4.69) is 53.8 Å². The number of nitrogens with zero attached hydrogens (tertiary/aromatic N) is 2. The lowest BCUT2D eigenvalue weighted by molar-refractivity contribution is 0.687. The van der Waals surface area contributed by atoms with E-state index < -0.39 is 0 Å². The fourth-order valence-electron chi connectivity index (χ4n) is 2.02. The number of thiocarbonyl (C=S) groups is 1. The summed E-state index contributed by atoms with van der Waals surface area (Å²) >= 11 is 5.24. The number of unbranched alkanes of at least 4 members (excludes halogenated alkanes) is 1. The fraction of sp³-hybridized carbons (Fsp3) is 0.375. The lowest BCUT2D eigenvalue weighted by Gasteiger charge is -2.08.